The van der Waals surface area contributed by atoms with Crippen molar-refractivity contribution in [3.63, 3.8) is 0 Å². The van der Waals surface area contributed by atoms with Gasteiger partial charge in [0.2, 0.25) is 5.76 Å². The topological polar surface area (TPSA) is 46.3 Å². The van der Waals surface area contributed by atoms with Gasteiger partial charge in [-0.3, -0.25) is 4.79 Å². The van der Waals surface area contributed by atoms with Crippen molar-refractivity contribution in [1.29, 1.82) is 0 Å². The lowest BCUT2D eigenvalue weighted by atomic mass is 10.2. The van der Waals surface area contributed by atoms with Gasteiger partial charge in [-0.05, 0) is 19.8 Å². The summed E-state index contributed by atoms with van der Waals surface area (Å²) in [5.74, 6) is 0.222. The zero-order chi connectivity index (χ0) is 12.0. The summed E-state index contributed by atoms with van der Waals surface area (Å²) < 4.78 is 4.93. The molecule has 0 saturated heterocycles. The fourth-order valence-corrected chi connectivity index (χ4v) is 1.77. The van der Waals surface area contributed by atoms with Crippen molar-refractivity contribution >= 4 is 21.8 Å². The number of alkyl halides is 1. The Morgan fingerprint density at radius 3 is 2.81 bits per heavy atom. The van der Waals surface area contributed by atoms with Gasteiger partial charge in [-0.15, -0.1) is 0 Å². The number of unbranched alkanes of at least 4 members (excludes halogenated alkanes) is 2. The molecule has 0 aliphatic carbocycles. The van der Waals surface area contributed by atoms with Crippen molar-refractivity contribution < 1.29 is 9.32 Å². The van der Waals surface area contributed by atoms with Crippen molar-refractivity contribution in [3.05, 3.63) is 17.5 Å². The minimum absolute atomic E-state index is 0.0977. The predicted octanol–water partition coefficient (Wildman–Crippen LogP) is 2.62. The highest BCUT2D eigenvalue weighted by Gasteiger charge is 2.15. The molecule has 1 aromatic rings. The third kappa shape index (κ3) is 3.96. The summed E-state index contributed by atoms with van der Waals surface area (Å²) in [4.78, 5) is 13.5. The monoisotopic (exact) mass is 288 g/mol. The van der Waals surface area contributed by atoms with Crippen molar-refractivity contribution in [2.45, 2.75) is 26.2 Å². The van der Waals surface area contributed by atoms with E-state index in [9.17, 15) is 4.79 Å². The van der Waals surface area contributed by atoms with Gasteiger partial charge >= 0.3 is 0 Å². The number of aryl methyl sites for hydroxylation is 1. The first-order valence-corrected chi connectivity index (χ1v) is 6.52. The maximum absolute atomic E-state index is 11.8. The van der Waals surface area contributed by atoms with Crippen molar-refractivity contribution in [2.75, 3.05) is 18.9 Å². The lowest BCUT2D eigenvalue weighted by Gasteiger charge is -2.14. The van der Waals surface area contributed by atoms with Crippen LogP contribution in [0, 0.1) is 6.92 Å². The molecule has 0 aliphatic rings. The van der Waals surface area contributed by atoms with Crippen molar-refractivity contribution in [1.82, 2.24) is 10.1 Å². The van der Waals surface area contributed by atoms with Gasteiger partial charge in [-0.1, -0.05) is 27.5 Å². The summed E-state index contributed by atoms with van der Waals surface area (Å²) in [7, 11) is 1.79. The minimum atomic E-state index is -0.0977. The van der Waals surface area contributed by atoms with Crippen molar-refractivity contribution in [2.24, 2.45) is 0 Å². The molecular formula is C11H17BrN2O2. The molecule has 0 aliphatic heterocycles. The Bertz CT molecular complexity index is 338. The van der Waals surface area contributed by atoms with E-state index in [4.69, 9.17) is 4.52 Å². The van der Waals surface area contributed by atoms with Crippen LogP contribution in [0.1, 0.15) is 35.5 Å². The Morgan fingerprint density at radius 1 is 1.50 bits per heavy atom. The number of aromatic nitrogens is 1. The second-order valence-electron chi connectivity index (χ2n) is 3.81. The van der Waals surface area contributed by atoms with Crippen LogP contribution in [0.3, 0.4) is 0 Å². The number of carbonyl (C=O) groups excluding carboxylic acids is 1. The van der Waals surface area contributed by atoms with Crippen LogP contribution >= 0.6 is 15.9 Å². The Kier molecular flexibility index (Phi) is 5.52. The predicted molar refractivity (Wildman–Crippen MR) is 65.8 cm³/mol. The molecule has 90 valence electrons. The van der Waals surface area contributed by atoms with E-state index in [0.29, 0.717) is 5.76 Å². The summed E-state index contributed by atoms with van der Waals surface area (Å²) in [6.07, 6.45) is 3.28. The quantitative estimate of drug-likeness (QED) is 0.597. The smallest absolute Gasteiger partial charge is 0.292 e. The molecule has 0 spiro atoms. The molecule has 1 amide bonds. The molecule has 16 heavy (non-hydrogen) atoms. The molecule has 0 N–H and O–H groups in total. The Morgan fingerprint density at radius 2 is 2.25 bits per heavy atom. The molecule has 4 nitrogen and oxygen atoms in total. The molecule has 0 bridgehead atoms. The maximum atomic E-state index is 11.8. The van der Waals surface area contributed by atoms with Crippen LogP contribution in [0.15, 0.2) is 10.6 Å². The van der Waals surface area contributed by atoms with Crippen LogP contribution in [-0.4, -0.2) is 34.9 Å². The van der Waals surface area contributed by atoms with Gasteiger partial charge in [0, 0.05) is 25.0 Å². The summed E-state index contributed by atoms with van der Waals surface area (Å²) in [6.45, 7) is 2.56. The highest BCUT2D eigenvalue weighted by molar-refractivity contribution is 9.09. The van der Waals surface area contributed by atoms with Gasteiger partial charge in [-0.2, -0.15) is 0 Å². The maximum Gasteiger partial charge on any atom is 0.292 e. The molecule has 0 atom stereocenters. The van der Waals surface area contributed by atoms with E-state index in [1.807, 2.05) is 0 Å². The van der Waals surface area contributed by atoms with Gasteiger partial charge in [0.05, 0.1) is 5.69 Å². The summed E-state index contributed by atoms with van der Waals surface area (Å²) in [5.41, 5.74) is 0.732. The molecule has 5 heteroatoms. The van der Waals surface area contributed by atoms with E-state index >= 15 is 0 Å². The molecular weight excluding hydrogens is 272 g/mol. The van der Waals surface area contributed by atoms with Gasteiger partial charge in [0.25, 0.3) is 5.91 Å². The lowest BCUT2D eigenvalue weighted by molar-refractivity contribution is 0.0751. The van der Waals surface area contributed by atoms with E-state index < -0.39 is 0 Å². The van der Waals surface area contributed by atoms with E-state index in [0.717, 1.165) is 36.8 Å². The lowest BCUT2D eigenvalue weighted by Crippen LogP contribution is -2.27. The van der Waals surface area contributed by atoms with Crippen LogP contribution < -0.4 is 0 Å². The molecule has 0 saturated carbocycles. The number of hydrogen-bond donors (Lipinski definition) is 0. The fraction of sp³-hybridized carbons (Fsp3) is 0.636. The molecule has 0 aromatic carbocycles. The second kappa shape index (κ2) is 6.68. The van der Waals surface area contributed by atoms with Crippen LogP contribution in [0.2, 0.25) is 0 Å². The number of rotatable bonds is 6. The van der Waals surface area contributed by atoms with Crippen molar-refractivity contribution in [3.8, 4) is 0 Å². The summed E-state index contributed by atoms with van der Waals surface area (Å²) in [5, 5.41) is 4.72. The van der Waals surface area contributed by atoms with Gasteiger partial charge in [-0.25, -0.2) is 0 Å². The van der Waals surface area contributed by atoms with E-state index in [2.05, 4.69) is 21.1 Å². The Hall–Kier alpha value is -0.840. The molecule has 0 unspecified atom stereocenters. The fourth-order valence-electron chi connectivity index (χ4n) is 1.37. The largest absolute Gasteiger partial charge is 0.351 e. The number of amides is 1. The second-order valence-corrected chi connectivity index (χ2v) is 4.60. The van der Waals surface area contributed by atoms with Gasteiger partial charge in [0.15, 0.2) is 0 Å². The number of halogens is 1. The first-order valence-electron chi connectivity index (χ1n) is 5.40. The van der Waals surface area contributed by atoms with Crippen LogP contribution in [0.4, 0.5) is 0 Å². The normalized spacial score (nSPS) is 10.4. The van der Waals surface area contributed by atoms with Crippen LogP contribution in [-0.2, 0) is 0 Å². The van der Waals surface area contributed by atoms with Crippen LogP contribution in [0.25, 0.3) is 0 Å². The average Bonchev–Trinajstić information content (AvgIpc) is 2.70. The van der Waals surface area contributed by atoms with Crippen LogP contribution in [0.5, 0.6) is 0 Å². The average molecular weight is 289 g/mol. The molecule has 0 fully saturated rings. The highest BCUT2D eigenvalue weighted by Crippen LogP contribution is 2.07. The third-order valence-corrected chi connectivity index (χ3v) is 2.87. The van der Waals surface area contributed by atoms with E-state index in [1.165, 1.54) is 0 Å². The number of carbonyl (C=O) groups is 1. The minimum Gasteiger partial charge on any atom is -0.351 e. The highest BCUT2D eigenvalue weighted by atomic mass is 79.9. The first-order chi connectivity index (χ1) is 7.65. The zero-order valence-electron chi connectivity index (χ0n) is 9.70. The number of nitrogens with zero attached hydrogens (tertiary/aromatic N) is 2. The SMILES string of the molecule is Cc1cc(C(=O)N(C)CCCCCBr)on1. The molecule has 1 heterocycles. The molecule has 1 aromatic heterocycles. The number of hydrogen-bond acceptors (Lipinski definition) is 3. The summed E-state index contributed by atoms with van der Waals surface area (Å²) in [6, 6.07) is 1.66. The van der Waals surface area contributed by atoms with Gasteiger partial charge in [0.1, 0.15) is 0 Å². The third-order valence-electron chi connectivity index (χ3n) is 2.31. The van der Waals surface area contributed by atoms with E-state index in [1.54, 1.807) is 24.9 Å². The standard InChI is InChI=1S/C11H17BrN2O2/c1-9-8-10(16-13-9)11(15)14(2)7-5-3-4-6-12/h8H,3-7H2,1-2H3. The van der Waals surface area contributed by atoms with E-state index in [-0.39, 0.29) is 5.91 Å². The first kappa shape index (κ1) is 13.2. The van der Waals surface area contributed by atoms with Gasteiger partial charge < -0.3 is 9.42 Å². The molecule has 1 rings (SSSR count). The zero-order valence-corrected chi connectivity index (χ0v) is 11.3. The Labute approximate surface area is 104 Å². The Balaban J connectivity index is 2.36. The molecule has 0 radical (unpaired) electrons. The summed E-state index contributed by atoms with van der Waals surface area (Å²) >= 11 is 3.38.